The third-order valence-corrected chi connectivity index (χ3v) is 3.32. The van der Waals surface area contributed by atoms with Gasteiger partial charge in [0, 0.05) is 18.0 Å². The van der Waals surface area contributed by atoms with Crippen molar-refractivity contribution < 1.29 is 4.74 Å². The Bertz CT molecular complexity index is 399. The summed E-state index contributed by atoms with van der Waals surface area (Å²) in [5.41, 5.74) is 2.31. The molecule has 1 atom stereocenters. The van der Waals surface area contributed by atoms with Crippen LogP contribution in [0.5, 0.6) is 5.88 Å². The van der Waals surface area contributed by atoms with Crippen LogP contribution in [0.4, 0.5) is 0 Å². The summed E-state index contributed by atoms with van der Waals surface area (Å²) in [6, 6.07) is 0.389. The third-order valence-electron chi connectivity index (χ3n) is 3.32. The second-order valence-corrected chi connectivity index (χ2v) is 5.86. The van der Waals surface area contributed by atoms with Crippen molar-refractivity contribution in [3.8, 4) is 5.88 Å². The van der Waals surface area contributed by atoms with E-state index < -0.39 is 0 Å². The van der Waals surface area contributed by atoms with Gasteiger partial charge >= 0.3 is 0 Å². The van der Waals surface area contributed by atoms with Crippen LogP contribution in [0.25, 0.3) is 0 Å². The highest BCUT2D eigenvalue weighted by Crippen LogP contribution is 2.25. The lowest BCUT2D eigenvalue weighted by molar-refractivity contribution is 0.267. The van der Waals surface area contributed by atoms with Gasteiger partial charge in [0.05, 0.1) is 12.3 Å². The van der Waals surface area contributed by atoms with Crippen molar-refractivity contribution in [2.24, 2.45) is 5.41 Å². The molecule has 1 aromatic rings. The number of rotatable bonds is 6. The number of aromatic nitrogens is 2. The molecule has 1 heterocycles. The molecular formula is C15H27N3O. The van der Waals surface area contributed by atoms with Gasteiger partial charge in [-0.1, -0.05) is 27.7 Å². The molecule has 0 aromatic carbocycles. The fourth-order valence-corrected chi connectivity index (χ4v) is 2.08. The van der Waals surface area contributed by atoms with Gasteiger partial charge in [-0.15, -0.1) is 0 Å². The van der Waals surface area contributed by atoms with Gasteiger partial charge in [-0.3, -0.25) is 0 Å². The summed E-state index contributed by atoms with van der Waals surface area (Å²) in [6.07, 6.45) is 2.49. The van der Waals surface area contributed by atoms with E-state index in [9.17, 15) is 0 Å². The van der Waals surface area contributed by atoms with Crippen molar-refractivity contribution in [3.63, 3.8) is 0 Å². The van der Waals surface area contributed by atoms with Crippen LogP contribution in [0, 0.1) is 12.3 Å². The molecule has 0 fully saturated rings. The maximum Gasteiger partial charge on any atom is 0.219 e. The molecule has 0 saturated heterocycles. The van der Waals surface area contributed by atoms with Crippen molar-refractivity contribution in [2.75, 3.05) is 13.2 Å². The smallest absolute Gasteiger partial charge is 0.219 e. The third kappa shape index (κ3) is 4.46. The highest BCUT2D eigenvalue weighted by atomic mass is 16.5. The largest absolute Gasteiger partial charge is 0.478 e. The van der Waals surface area contributed by atoms with Crippen LogP contribution in [0.2, 0.25) is 0 Å². The minimum Gasteiger partial charge on any atom is -0.478 e. The normalized spacial score (nSPS) is 13.4. The molecule has 0 saturated carbocycles. The summed E-state index contributed by atoms with van der Waals surface area (Å²) in [4.78, 5) is 8.62. The predicted octanol–water partition coefficient (Wildman–Crippen LogP) is 2.75. The molecular weight excluding hydrogens is 238 g/mol. The Morgan fingerprint density at radius 1 is 1.26 bits per heavy atom. The number of nitrogens with zero attached hydrogens (tertiary/aromatic N) is 2. The van der Waals surface area contributed by atoms with Gasteiger partial charge in [-0.2, -0.15) is 0 Å². The summed E-state index contributed by atoms with van der Waals surface area (Å²) < 4.78 is 5.53. The Morgan fingerprint density at radius 2 is 1.95 bits per heavy atom. The maximum absolute atomic E-state index is 5.53. The zero-order valence-electron chi connectivity index (χ0n) is 13.1. The van der Waals surface area contributed by atoms with Gasteiger partial charge in [0.1, 0.15) is 6.33 Å². The minimum absolute atomic E-state index is 0.194. The zero-order valence-corrected chi connectivity index (χ0v) is 13.1. The average molecular weight is 265 g/mol. The number of hydrogen-bond acceptors (Lipinski definition) is 4. The molecule has 1 rings (SSSR count). The Labute approximate surface area is 117 Å². The summed E-state index contributed by atoms with van der Waals surface area (Å²) in [5.74, 6) is 0.705. The lowest BCUT2D eigenvalue weighted by Gasteiger charge is -2.31. The zero-order chi connectivity index (χ0) is 14.5. The van der Waals surface area contributed by atoms with Crippen LogP contribution < -0.4 is 10.1 Å². The van der Waals surface area contributed by atoms with Crippen molar-refractivity contribution in [2.45, 2.75) is 54.0 Å². The molecule has 0 aliphatic carbocycles. The molecule has 1 N–H and O–H groups in total. The Kier molecular flexibility index (Phi) is 5.73. The molecule has 1 unspecified atom stereocenters. The first-order chi connectivity index (χ1) is 8.90. The molecule has 4 heteroatoms. The van der Waals surface area contributed by atoms with E-state index in [0.29, 0.717) is 18.5 Å². The van der Waals surface area contributed by atoms with E-state index in [-0.39, 0.29) is 5.41 Å². The number of ether oxygens (including phenoxy) is 1. The summed E-state index contributed by atoms with van der Waals surface area (Å²) in [7, 11) is 0. The van der Waals surface area contributed by atoms with Crippen LogP contribution in [0.1, 0.15) is 45.9 Å². The fourth-order valence-electron chi connectivity index (χ4n) is 2.08. The molecule has 1 aromatic heterocycles. The fraction of sp³-hybridized carbons (Fsp3) is 0.733. The molecule has 0 spiro atoms. The molecule has 0 amide bonds. The molecule has 0 radical (unpaired) electrons. The quantitative estimate of drug-likeness (QED) is 0.859. The van der Waals surface area contributed by atoms with E-state index in [1.807, 2.05) is 13.8 Å². The highest BCUT2D eigenvalue weighted by molar-refractivity contribution is 5.28. The minimum atomic E-state index is 0.194. The summed E-state index contributed by atoms with van der Waals surface area (Å²) in [6.45, 7) is 14.5. The molecule has 0 aliphatic rings. The van der Waals surface area contributed by atoms with Crippen molar-refractivity contribution >= 4 is 0 Å². The van der Waals surface area contributed by atoms with Gasteiger partial charge in [-0.05, 0) is 25.8 Å². The second kappa shape index (κ2) is 6.85. The van der Waals surface area contributed by atoms with Crippen LogP contribution in [0.15, 0.2) is 6.33 Å². The molecule has 108 valence electrons. The average Bonchev–Trinajstić information content (AvgIpc) is 2.32. The Balaban J connectivity index is 2.93. The first-order valence-corrected chi connectivity index (χ1v) is 7.06. The van der Waals surface area contributed by atoms with Crippen LogP contribution >= 0.6 is 0 Å². The van der Waals surface area contributed by atoms with Gasteiger partial charge < -0.3 is 10.1 Å². The lowest BCUT2D eigenvalue weighted by atomic mass is 9.83. The highest BCUT2D eigenvalue weighted by Gasteiger charge is 2.25. The molecule has 19 heavy (non-hydrogen) atoms. The standard InChI is InChI=1S/C15H27N3O/c1-7-16-13(15(4,5)6)9-12-11(3)14(19-8-2)18-10-17-12/h10,13,16H,7-9H2,1-6H3. The molecule has 4 nitrogen and oxygen atoms in total. The van der Waals surface area contributed by atoms with E-state index in [0.717, 1.165) is 24.2 Å². The number of hydrogen-bond donors (Lipinski definition) is 1. The van der Waals surface area contributed by atoms with Gasteiger partial charge in [0.25, 0.3) is 0 Å². The lowest BCUT2D eigenvalue weighted by Crippen LogP contribution is -2.42. The molecule has 0 aliphatic heterocycles. The van der Waals surface area contributed by atoms with Gasteiger partial charge in [-0.25, -0.2) is 9.97 Å². The molecule has 0 bridgehead atoms. The predicted molar refractivity (Wildman–Crippen MR) is 78.6 cm³/mol. The van der Waals surface area contributed by atoms with E-state index in [1.54, 1.807) is 6.33 Å². The van der Waals surface area contributed by atoms with Crippen molar-refractivity contribution in [1.82, 2.24) is 15.3 Å². The van der Waals surface area contributed by atoms with Gasteiger partial charge in [0.2, 0.25) is 5.88 Å². The van der Waals surface area contributed by atoms with Gasteiger partial charge in [0.15, 0.2) is 0 Å². The van der Waals surface area contributed by atoms with Crippen LogP contribution in [0.3, 0.4) is 0 Å². The van der Waals surface area contributed by atoms with Crippen LogP contribution in [-0.2, 0) is 6.42 Å². The monoisotopic (exact) mass is 265 g/mol. The summed E-state index contributed by atoms with van der Waals surface area (Å²) in [5, 5.41) is 3.55. The van der Waals surface area contributed by atoms with E-state index in [4.69, 9.17) is 4.74 Å². The van der Waals surface area contributed by atoms with E-state index >= 15 is 0 Å². The Hall–Kier alpha value is -1.16. The maximum atomic E-state index is 5.53. The Morgan fingerprint density at radius 3 is 2.47 bits per heavy atom. The second-order valence-electron chi connectivity index (χ2n) is 5.86. The number of likely N-dealkylation sites (N-methyl/N-ethyl adjacent to an activating group) is 1. The summed E-state index contributed by atoms with van der Waals surface area (Å²) >= 11 is 0. The topological polar surface area (TPSA) is 47.0 Å². The van der Waals surface area contributed by atoms with E-state index in [1.165, 1.54) is 0 Å². The number of nitrogens with one attached hydrogen (secondary N) is 1. The van der Waals surface area contributed by atoms with Crippen molar-refractivity contribution in [1.29, 1.82) is 0 Å². The SMILES string of the molecule is CCNC(Cc1ncnc(OCC)c1C)C(C)(C)C. The first-order valence-electron chi connectivity index (χ1n) is 7.06. The van der Waals surface area contributed by atoms with E-state index in [2.05, 4.69) is 43.0 Å². The first kappa shape index (κ1) is 15.9. The van der Waals surface area contributed by atoms with Crippen LogP contribution in [-0.4, -0.2) is 29.2 Å². The van der Waals surface area contributed by atoms with Crippen molar-refractivity contribution in [3.05, 3.63) is 17.6 Å².